The molecule has 0 bridgehead atoms. The number of methoxy groups -OCH3 is 1. The maximum absolute atomic E-state index is 11.4. The second-order valence-corrected chi connectivity index (χ2v) is 3.29. The molecule has 82 valence electrons. The molecule has 0 saturated heterocycles. The quantitative estimate of drug-likeness (QED) is 0.585. The summed E-state index contributed by atoms with van der Waals surface area (Å²) in [6.07, 6.45) is -0.656. The van der Waals surface area contributed by atoms with E-state index in [1.807, 2.05) is 0 Å². The highest BCUT2D eigenvalue weighted by Gasteiger charge is 2.11. The zero-order chi connectivity index (χ0) is 11.4. The van der Waals surface area contributed by atoms with E-state index in [2.05, 4.69) is 10.1 Å². The van der Waals surface area contributed by atoms with Gasteiger partial charge in [-0.2, -0.15) is 0 Å². The van der Waals surface area contributed by atoms with Crippen molar-refractivity contribution < 1.29 is 14.6 Å². The SMILES string of the molecule is COC(=O)c1cccc(NC(C)O)c1C. The van der Waals surface area contributed by atoms with Crippen molar-refractivity contribution in [3.05, 3.63) is 29.3 Å². The van der Waals surface area contributed by atoms with E-state index in [0.29, 0.717) is 5.56 Å². The minimum absolute atomic E-state index is 0.373. The molecule has 1 rings (SSSR count). The van der Waals surface area contributed by atoms with Crippen molar-refractivity contribution >= 4 is 11.7 Å². The molecule has 0 amide bonds. The Hall–Kier alpha value is -1.55. The molecule has 4 heteroatoms. The predicted octanol–water partition coefficient (Wildman–Crippen LogP) is 1.53. The number of rotatable bonds is 3. The number of esters is 1. The first-order valence-corrected chi connectivity index (χ1v) is 4.68. The van der Waals surface area contributed by atoms with Crippen LogP contribution in [0, 0.1) is 6.92 Å². The van der Waals surface area contributed by atoms with E-state index in [9.17, 15) is 9.90 Å². The Kier molecular flexibility index (Phi) is 3.68. The van der Waals surface area contributed by atoms with E-state index in [1.54, 1.807) is 32.0 Å². The number of hydrogen-bond acceptors (Lipinski definition) is 4. The van der Waals surface area contributed by atoms with Gasteiger partial charge in [-0.15, -0.1) is 0 Å². The summed E-state index contributed by atoms with van der Waals surface area (Å²) in [6.45, 7) is 3.42. The number of nitrogens with one attached hydrogen (secondary N) is 1. The van der Waals surface area contributed by atoms with Crippen LogP contribution in [-0.4, -0.2) is 24.4 Å². The molecule has 1 atom stereocenters. The summed E-state index contributed by atoms with van der Waals surface area (Å²) in [6, 6.07) is 5.23. The Morgan fingerprint density at radius 1 is 1.53 bits per heavy atom. The van der Waals surface area contributed by atoms with Crippen LogP contribution >= 0.6 is 0 Å². The van der Waals surface area contributed by atoms with Gasteiger partial charge in [-0.05, 0) is 31.5 Å². The number of benzene rings is 1. The first-order valence-electron chi connectivity index (χ1n) is 4.68. The zero-order valence-corrected chi connectivity index (χ0v) is 9.07. The maximum atomic E-state index is 11.4. The summed E-state index contributed by atoms with van der Waals surface area (Å²) in [5.74, 6) is -0.373. The van der Waals surface area contributed by atoms with Crippen molar-refractivity contribution in [3.63, 3.8) is 0 Å². The summed E-state index contributed by atoms with van der Waals surface area (Å²) < 4.78 is 4.65. The molecule has 0 aliphatic heterocycles. The van der Waals surface area contributed by atoms with Gasteiger partial charge in [0.1, 0.15) is 6.23 Å². The molecule has 0 spiro atoms. The highest BCUT2D eigenvalue weighted by atomic mass is 16.5. The zero-order valence-electron chi connectivity index (χ0n) is 9.07. The maximum Gasteiger partial charge on any atom is 0.338 e. The number of aliphatic hydroxyl groups is 1. The van der Waals surface area contributed by atoms with Gasteiger partial charge in [-0.25, -0.2) is 4.79 Å². The lowest BCUT2D eigenvalue weighted by atomic mass is 10.1. The summed E-state index contributed by atoms with van der Waals surface area (Å²) in [7, 11) is 1.34. The lowest BCUT2D eigenvalue weighted by molar-refractivity contribution is 0.0600. The smallest absolute Gasteiger partial charge is 0.338 e. The molecule has 15 heavy (non-hydrogen) atoms. The molecule has 1 aromatic carbocycles. The van der Waals surface area contributed by atoms with Crippen LogP contribution in [0.15, 0.2) is 18.2 Å². The molecule has 1 aromatic rings. The van der Waals surface area contributed by atoms with E-state index in [1.165, 1.54) is 7.11 Å². The van der Waals surface area contributed by atoms with E-state index < -0.39 is 6.23 Å². The first kappa shape index (κ1) is 11.5. The highest BCUT2D eigenvalue weighted by molar-refractivity contribution is 5.92. The van der Waals surface area contributed by atoms with Crippen LogP contribution in [0.1, 0.15) is 22.8 Å². The second-order valence-electron chi connectivity index (χ2n) is 3.29. The topological polar surface area (TPSA) is 58.6 Å². The van der Waals surface area contributed by atoms with Crippen molar-refractivity contribution in [1.29, 1.82) is 0 Å². The Morgan fingerprint density at radius 3 is 2.73 bits per heavy atom. The van der Waals surface area contributed by atoms with Gasteiger partial charge in [0.2, 0.25) is 0 Å². The molecule has 1 unspecified atom stereocenters. The largest absolute Gasteiger partial charge is 0.465 e. The Morgan fingerprint density at radius 2 is 2.20 bits per heavy atom. The van der Waals surface area contributed by atoms with Crippen LogP contribution in [-0.2, 0) is 4.74 Å². The van der Waals surface area contributed by atoms with E-state index in [-0.39, 0.29) is 5.97 Å². The van der Waals surface area contributed by atoms with E-state index >= 15 is 0 Å². The molecule has 0 aromatic heterocycles. The monoisotopic (exact) mass is 209 g/mol. The minimum Gasteiger partial charge on any atom is -0.465 e. The number of carbonyl (C=O) groups excluding carboxylic acids is 1. The number of carbonyl (C=O) groups is 1. The van der Waals surface area contributed by atoms with Crippen LogP contribution in [0.4, 0.5) is 5.69 Å². The van der Waals surface area contributed by atoms with Gasteiger partial charge in [0, 0.05) is 5.69 Å². The molecular weight excluding hydrogens is 194 g/mol. The van der Waals surface area contributed by atoms with Gasteiger partial charge in [-0.3, -0.25) is 0 Å². The van der Waals surface area contributed by atoms with Crippen LogP contribution in [0.2, 0.25) is 0 Å². The molecule has 0 saturated carbocycles. The number of anilines is 1. The molecule has 0 radical (unpaired) electrons. The average molecular weight is 209 g/mol. The average Bonchev–Trinajstić information content (AvgIpc) is 2.19. The fourth-order valence-electron chi connectivity index (χ4n) is 1.35. The third-order valence-corrected chi connectivity index (χ3v) is 2.10. The fourth-order valence-corrected chi connectivity index (χ4v) is 1.35. The molecule has 0 aliphatic rings. The van der Waals surface area contributed by atoms with Crippen LogP contribution in [0.5, 0.6) is 0 Å². The van der Waals surface area contributed by atoms with Gasteiger partial charge in [0.25, 0.3) is 0 Å². The third-order valence-electron chi connectivity index (χ3n) is 2.10. The lowest BCUT2D eigenvalue weighted by Gasteiger charge is -2.13. The molecular formula is C11H15NO3. The van der Waals surface area contributed by atoms with Gasteiger partial charge in [0.05, 0.1) is 12.7 Å². The van der Waals surface area contributed by atoms with Crippen molar-refractivity contribution in [2.45, 2.75) is 20.1 Å². The van der Waals surface area contributed by atoms with E-state index in [0.717, 1.165) is 11.3 Å². The molecule has 0 aliphatic carbocycles. The fraction of sp³-hybridized carbons (Fsp3) is 0.364. The number of ether oxygens (including phenoxy) is 1. The standard InChI is InChI=1S/C11H15NO3/c1-7-9(11(14)15-3)5-4-6-10(7)12-8(2)13/h4-6,8,12-13H,1-3H3. The Bertz CT molecular complexity index is 361. The molecule has 0 heterocycles. The Labute approximate surface area is 88.9 Å². The minimum atomic E-state index is -0.656. The van der Waals surface area contributed by atoms with Crippen molar-refractivity contribution in [2.24, 2.45) is 0 Å². The van der Waals surface area contributed by atoms with E-state index in [4.69, 9.17) is 0 Å². The number of aliphatic hydroxyl groups excluding tert-OH is 1. The van der Waals surface area contributed by atoms with Gasteiger partial charge >= 0.3 is 5.97 Å². The summed E-state index contributed by atoms with van der Waals surface area (Å²) >= 11 is 0. The molecule has 0 fully saturated rings. The van der Waals surface area contributed by atoms with Crippen LogP contribution in [0.25, 0.3) is 0 Å². The lowest BCUT2D eigenvalue weighted by Crippen LogP contribution is -2.15. The van der Waals surface area contributed by atoms with Crippen molar-refractivity contribution in [2.75, 3.05) is 12.4 Å². The first-order chi connectivity index (χ1) is 7.06. The summed E-state index contributed by atoms with van der Waals surface area (Å²) in [5.41, 5.74) is 2.00. The summed E-state index contributed by atoms with van der Waals surface area (Å²) in [5, 5.41) is 12.0. The normalized spacial score (nSPS) is 12.0. The van der Waals surface area contributed by atoms with Gasteiger partial charge < -0.3 is 15.2 Å². The third kappa shape index (κ3) is 2.70. The van der Waals surface area contributed by atoms with Crippen molar-refractivity contribution in [3.8, 4) is 0 Å². The predicted molar refractivity (Wildman–Crippen MR) is 57.8 cm³/mol. The van der Waals surface area contributed by atoms with Crippen LogP contribution in [0.3, 0.4) is 0 Å². The second kappa shape index (κ2) is 4.79. The van der Waals surface area contributed by atoms with Crippen LogP contribution < -0.4 is 5.32 Å². The summed E-state index contributed by atoms with van der Waals surface area (Å²) in [4.78, 5) is 11.4. The van der Waals surface area contributed by atoms with Gasteiger partial charge in [-0.1, -0.05) is 6.07 Å². The molecule has 2 N–H and O–H groups in total. The molecule has 4 nitrogen and oxygen atoms in total. The van der Waals surface area contributed by atoms with Crippen molar-refractivity contribution in [1.82, 2.24) is 0 Å². The highest BCUT2D eigenvalue weighted by Crippen LogP contribution is 2.19. The Balaban J connectivity index is 3.05. The number of hydrogen-bond donors (Lipinski definition) is 2. The van der Waals surface area contributed by atoms with Gasteiger partial charge in [0.15, 0.2) is 0 Å².